The first-order valence-electron chi connectivity index (χ1n) is 7.41. The molecule has 1 aliphatic rings. The fourth-order valence-electron chi connectivity index (χ4n) is 2.51. The van der Waals surface area contributed by atoms with Crippen LogP contribution in [0.2, 0.25) is 0 Å². The molecule has 0 spiro atoms. The number of sulfone groups is 1. The number of nitrogens with one attached hydrogen (secondary N) is 1. The van der Waals surface area contributed by atoms with Crippen LogP contribution in [0.3, 0.4) is 0 Å². The molecular formula is C13H24N4O3S. The molecule has 1 aliphatic heterocycles. The minimum atomic E-state index is -2.90. The Morgan fingerprint density at radius 1 is 1.48 bits per heavy atom. The van der Waals surface area contributed by atoms with Crippen molar-refractivity contribution in [3.05, 3.63) is 11.7 Å². The number of piperidine rings is 1. The van der Waals surface area contributed by atoms with Gasteiger partial charge in [0.2, 0.25) is 5.89 Å². The quantitative estimate of drug-likeness (QED) is 0.770. The van der Waals surface area contributed by atoms with Crippen molar-refractivity contribution < 1.29 is 12.9 Å². The minimum absolute atomic E-state index is 0.189. The van der Waals surface area contributed by atoms with E-state index in [1.54, 1.807) is 0 Å². The van der Waals surface area contributed by atoms with Crippen molar-refractivity contribution in [2.45, 2.75) is 38.8 Å². The van der Waals surface area contributed by atoms with Crippen molar-refractivity contribution in [2.75, 3.05) is 31.6 Å². The van der Waals surface area contributed by atoms with E-state index < -0.39 is 9.84 Å². The summed E-state index contributed by atoms with van der Waals surface area (Å²) in [5.74, 6) is 1.59. The third kappa shape index (κ3) is 5.72. The summed E-state index contributed by atoms with van der Waals surface area (Å²) in [4.78, 5) is 6.61. The molecule has 0 amide bonds. The van der Waals surface area contributed by atoms with E-state index in [2.05, 4.69) is 20.4 Å². The van der Waals surface area contributed by atoms with Crippen molar-refractivity contribution in [2.24, 2.45) is 0 Å². The van der Waals surface area contributed by atoms with Gasteiger partial charge >= 0.3 is 0 Å². The first-order valence-corrected chi connectivity index (χ1v) is 9.47. The Kier molecular flexibility index (Phi) is 5.72. The summed E-state index contributed by atoms with van der Waals surface area (Å²) < 4.78 is 27.4. The maximum absolute atomic E-state index is 11.1. The molecule has 2 heterocycles. The van der Waals surface area contributed by atoms with Gasteiger partial charge in [-0.15, -0.1) is 0 Å². The SMILES string of the molecule is CCc1nc(CN2CCC[C@@H](NCCS(C)(=O)=O)C2)no1. The van der Waals surface area contributed by atoms with E-state index in [9.17, 15) is 8.42 Å². The van der Waals surface area contributed by atoms with Gasteiger partial charge in [0, 0.05) is 31.8 Å². The number of hydrogen-bond acceptors (Lipinski definition) is 7. The van der Waals surface area contributed by atoms with Gasteiger partial charge in [-0.3, -0.25) is 4.90 Å². The maximum Gasteiger partial charge on any atom is 0.226 e. The van der Waals surface area contributed by atoms with Gasteiger partial charge < -0.3 is 9.84 Å². The average Bonchev–Trinajstić information content (AvgIpc) is 2.85. The molecule has 8 heteroatoms. The second-order valence-corrected chi connectivity index (χ2v) is 7.88. The molecule has 2 rings (SSSR count). The molecule has 1 fully saturated rings. The first-order chi connectivity index (χ1) is 9.96. The number of aromatic nitrogens is 2. The van der Waals surface area contributed by atoms with Crippen LogP contribution < -0.4 is 5.32 Å². The van der Waals surface area contributed by atoms with Crippen LogP contribution in [0.5, 0.6) is 0 Å². The van der Waals surface area contributed by atoms with Crippen molar-refractivity contribution in [3.8, 4) is 0 Å². The molecule has 0 radical (unpaired) electrons. The van der Waals surface area contributed by atoms with Gasteiger partial charge in [0.15, 0.2) is 5.82 Å². The van der Waals surface area contributed by atoms with Crippen molar-refractivity contribution in [1.29, 1.82) is 0 Å². The molecule has 0 saturated carbocycles. The predicted molar refractivity (Wildman–Crippen MR) is 79.7 cm³/mol. The Hall–Kier alpha value is -0.990. The summed E-state index contributed by atoms with van der Waals surface area (Å²) in [7, 11) is -2.90. The average molecular weight is 316 g/mol. The maximum atomic E-state index is 11.1. The summed E-state index contributed by atoms with van der Waals surface area (Å²) in [6, 6.07) is 0.332. The Bertz CT molecular complexity index is 543. The monoisotopic (exact) mass is 316 g/mol. The predicted octanol–water partition coefficient (Wildman–Crippen LogP) is 0.231. The van der Waals surface area contributed by atoms with E-state index in [0.717, 1.165) is 38.2 Å². The topological polar surface area (TPSA) is 88.3 Å². The van der Waals surface area contributed by atoms with Gasteiger partial charge in [-0.05, 0) is 19.4 Å². The smallest absolute Gasteiger partial charge is 0.226 e. The van der Waals surface area contributed by atoms with Gasteiger partial charge in [-0.1, -0.05) is 12.1 Å². The molecule has 7 nitrogen and oxygen atoms in total. The zero-order chi connectivity index (χ0) is 15.3. The van der Waals surface area contributed by atoms with E-state index in [1.165, 1.54) is 6.26 Å². The Morgan fingerprint density at radius 2 is 2.29 bits per heavy atom. The standard InChI is InChI=1S/C13H24N4O3S/c1-3-13-15-12(16-20-13)10-17-7-4-5-11(9-17)14-6-8-21(2,18)19/h11,14H,3-10H2,1-2H3/t11-/m1/s1. The van der Waals surface area contributed by atoms with Crippen LogP contribution in [0.25, 0.3) is 0 Å². The Balaban J connectivity index is 1.77. The lowest BCUT2D eigenvalue weighted by atomic mass is 10.1. The van der Waals surface area contributed by atoms with Gasteiger partial charge in [-0.2, -0.15) is 4.98 Å². The molecule has 0 bridgehead atoms. The van der Waals surface area contributed by atoms with Crippen LogP contribution in [0.1, 0.15) is 31.5 Å². The molecule has 0 aliphatic carbocycles. The van der Waals surface area contributed by atoms with E-state index in [0.29, 0.717) is 25.0 Å². The lowest BCUT2D eigenvalue weighted by Gasteiger charge is -2.32. The van der Waals surface area contributed by atoms with Crippen LogP contribution in [0.4, 0.5) is 0 Å². The van der Waals surface area contributed by atoms with Crippen molar-refractivity contribution >= 4 is 9.84 Å². The van der Waals surface area contributed by atoms with Crippen LogP contribution >= 0.6 is 0 Å². The molecule has 1 aromatic rings. The van der Waals surface area contributed by atoms with E-state index in [1.807, 2.05) is 6.92 Å². The van der Waals surface area contributed by atoms with Gasteiger partial charge in [-0.25, -0.2) is 8.42 Å². The zero-order valence-electron chi connectivity index (χ0n) is 12.7. The zero-order valence-corrected chi connectivity index (χ0v) is 13.5. The van der Waals surface area contributed by atoms with Gasteiger partial charge in [0.1, 0.15) is 9.84 Å². The van der Waals surface area contributed by atoms with Crippen LogP contribution in [0, 0.1) is 0 Å². The lowest BCUT2D eigenvalue weighted by Crippen LogP contribution is -2.46. The highest BCUT2D eigenvalue weighted by Crippen LogP contribution is 2.12. The molecule has 21 heavy (non-hydrogen) atoms. The van der Waals surface area contributed by atoms with Gasteiger partial charge in [0.25, 0.3) is 0 Å². The lowest BCUT2D eigenvalue weighted by molar-refractivity contribution is 0.179. The molecule has 1 aromatic heterocycles. The fourth-order valence-corrected chi connectivity index (χ4v) is 3.00. The highest BCUT2D eigenvalue weighted by molar-refractivity contribution is 7.90. The summed E-state index contributed by atoms with van der Waals surface area (Å²) in [5.41, 5.74) is 0. The van der Waals surface area contributed by atoms with Crippen molar-refractivity contribution in [3.63, 3.8) is 0 Å². The van der Waals surface area contributed by atoms with Crippen LogP contribution in [-0.2, 0) is 22.8 Å². The second kappa shape index (κ2) is 7.33. The third-order valence-electron chi connectivity index (χ3n) is 3.59. The number of rotatable bonds is 7. The molecule has 1 atom stereocenters. The molecule has 1 saturated heterocycles. The number of nitrogens with zero attached hydrogens (tertiary/aromatic N) is 3. The summed E-state index contributed by atoms with van der Waals surface area (Å²) in [5, 5.41) is 7.30. The van der Waals surface area contributed by atoms with Gasteiger partial charge in [0.05, 0.1) is 12.3 Å². The highest BCUT2D eigenvalue weighted by atomic mass is 32.2. The van der Waals surface area contributed by atoms with E-state index in [-0.39, 0.29) is 5.75 Å². The third-order valence-corrected chi connectivity index (χ3v) is 4.53. The number of aryl methyl sites for hydroxylation is 1. The molecule has 0 unspecified atom stereocenters. The number of likely N-dealkylation sites (tertiary alicyclic amines) is 1. The Labute approximate surface area is 126 Å². The highest BCUT2D eigenvalue weighted by Gasteiger charge is 2.21. The Morgan fingerprint density at radius 3 is 2.95 bits per heavy atom. The molecular weight excluding hydrogens is 292 g/mol. The van der Waals surface area contributed by atoms with Crippen LogP contribution in [-0.4, -0.2) is 61.1 Å². The second-order valence-electron chi connectivity index (χ2n) is 5.62. The normalized spacial score (nSPS) is 20.8. The fraction of sp³-hybridized carbons (Fsp3) is 0.846. The summed E-state index contributed by atoms with van der Waals surface area (Å²) >= 11 is 0. The summed E-state index contributed by atoms with van der Waals surface area (Å²) in [6.07, 6.45) is 4.19. The molecule has 1 N–H and O–H groups in total. The molecule has 0 aromatic carbocycles. The number of hydrogen-bond donors (Lipinski definition) is 1. The van der Waals surface area contributed by atoms with E-state index in [4.69, 9.17) is 4.52 Å². The summed E-state index contributed by atoms with van der Waals surface area (Å²) in [6.45, 7) is 5.09. The van der Waals surface area contributed by atoms with E-state index >= 15 is 0 Å². The van der Waals surface area contributed by atoms with Crippen LogP contribution in [0.15, 0.2) is 4.52 Å². The van der Waals surface area contributed by atoms with Crippen molar-refractivity contribution in [1.82, 2.24) is 20.4 Å². The molecule has 120 valence electrons. The minimum Gasteiger partial charge on any atom is -0.339 e. The first kappa shape index (κ1) is 16.4. The largest absolute Gasteiger partial charge is 0.339 e.